The highest BCUT2D eigenvalue weighted by atomic mass is 79.9. The number of benzene rings is 1. The van der Waals surface area contributed by atoms with Crippen molar-refractivity contribution >= 4 is 39.4 Å². The Balaban J connectivity index is 1.37. The number of aromatic nitrogens is 5. The van der Waals surface area contributed by atoms with Crippen LogP contribution in [-0.2, 0) is 24.1 Å². The molecule has 1 aliphatic carbocycles. The van der Waals surface area contributed by atoms with Gasteiger partial charge in [0.1, 0.15) is 6.33 Å². The van der Waals surface area contributed by atoms with Crippen molar-refractivity contribution in [3.05, 3.63) is 57.0 Å². The Bertz CT molecular complexity index is 1110. The van der Waals surface area contributed by atoms with Gasteiger partial charge in [0.2, 0.25) is 11.9 Å². The molecule has 0 unspecified atom stereocenters. The highest BCUT2D eigenvalue weighted by molar-refractivity contribution is 9.10. The molecule has 2 aromatic heterocycles. The molecule has 1 N–H and O–H groups in total. The maximum Gasteiger partial charge on any atom is 0.436 e. The highest BCUT2D eigenvalue weighted by Gasteiger charge is 2.41. The van der Waals surface area contributed by atoms with Crippen LogP contribution in [0, 0.1) is 0 Å². The van der Waals surface area contributed by atoms with Gasteiger partial charge in [0.05, 0.1) is 23.3 Å². The molecule has 164 valence electrons. The van der Waals surface area contributed by atoms with Gasteiger partial charge < -0.3 is 0 Å². The summed E-state index contributed by atoms with van der Waals surface area (Å²) >= 11 is 9.01. The number of aryl methyl sites for hydroxylation is 1. The minimum absolute atomic E-state index is 0.0234. The summed E-state index contributed by atoms with van der Waals surface area (Å²) in [7, 11) is 0. The second kappa shape index (κ2) is 8.62. The van der Waals surface area contributed by atoms with Gasteiger partial charge >= 0.3 is 6.18 Å². The number of nitrogens with one attached hydrogen (secondary N) is 1. The minimum atomic E-state index is -4.56. The lowest BCUT2D eigenvalue weighted by molar-refractivity contribution is -0.142. The van der Waals surface area contributed by atoms with Gasteiger partial charge in [-0.2, -0.15) is 18.3 Å². The van der Waals surface area contributed by atoms with Crippen molar-refractivity contribution in [2.75, 3.05) is 5.32 Å². The molecule has 0 radical (unpaired) electrons. The fraction of sp³-hybridized carbons (Fsp3) is 0.368. The molecule has 0 atom stereocenters. The van der Waals surface area contributed by atoms with Crippen molar-refractivity contribution in [3.63, 3.8) is 0 Å². The molecule has 1 aromatic carbocycles. The molecule has 12 heteroatoms. The van der Waals surface area contributed by atoms with E-state index in [2.05, 4.69) is 36.4 Å². The van der Waals surface area contributed by atoms with E-state index in [0.717, 1.165) is 18.4 Å². The average Bonchev–Trinajstić information content (AvgIpc) is 3.33. The summed E-state index contributed by atoms with van der Waals surface area (Å²) in [4.78, 5) is 16.3. The van der Waals surface area contributed by atoms with Crippen molar-refractivity contribution in [2.24, 2.45) is 0 Å². The molecule has 31 heavy (non-hydrogen) atoms. The molecule has 3 aromatic rings. The Hall–Kier alpha value is -2.40. The highest BCUT2D eigenvalue weighted by Crippen LogP contribution is 2.47. The lowest BCUT2D eigenvalue weighted by Crippen LogP contribution is -2.17. The number of carbonyl (C=O) groups is 1. The minimum Gasteiger partial charge on any atom is -0.293 e. The third-order valence-electron chi connectivity index (χ3n) is 4.74. The van der Waals surface area contributed by atoms with E-state index < -0.39 is 17.8 Å². The van der Waals surface area contributed by atoms with Crippen LogP contribution >= 0.6 is 27.5 Å². The van der Waals surface area contributed by atoms with Crippen LogP contribution in [0.5, 0.6) is 0 Å². The number of hydrogen-bond acceptors (Lipinski definition) is 4. The zero-order valence-corrected chi connectivity index (χ0v) is 18.4. The third kappa shape index (κ3) is 5.27. The summed E-state index contributed by atoms with van der Waals surface area (Å²) in [5, 5.41) is 11.1. The van der Waals surface area contributed by atoms with Gasteiger partial charge in [0, 0.05) is 17.4 Å². The van der Waals surface area contributed by atoms with Crippen LogP contribution in [0.2, 0.25) is 5.02 Å². The zero-order chi connectivity index (χ0) is 22.2. The Morgan fingerprint density at radius 2 is 2.06 bits per heavy atom. The number of amides is 1. The first-order chi connectivity index (χ1) is 14.7. The number of hydrogen-bond donors (Lipinski definition) is 1. The van der Waals surface area contributed by atoms with Crippen LogP contribution in [0.1, 0.15) is 42.1 Å². The fourth-order valence-electron chi connectivity index (χ4n) is 3.20. The topological polar surface area (TPSA) is 77.6 Å². The van der Waals surface area contributed by atoms with Gasteiger partial charge in [-0.1, -0.05) is 23.7 Å². The summed E-state index contributed by atoms with van der Waals surface area (Å²) in [6, 6.07) is 7.28. The van der Waals surface area contributed by atoms with Crippen molar-refractivity contribution in [2.45, 2.75) is 44.4 Å². The molecule has 1 aliphatic rings. The monoisotopic (exact) mass is 516 g/mol. The smallest absolute Gasteiger partial charge is 0.293 e. The Morgan fingerprint density at radius 1 is 1.29 bits per heavy atom. The molecular weight excluding hydrogens is 501 g/mol. The van der Waals surface area contributed by atoms with Crippen LogP contribution in [0.3, 0.4) is 0 Å². The van der Waals surface area contributed by atoms with Crippen molar-refractivity contribution in [3.8, 4) is 0 Å². The normalized spacial score (nSPS) is 14.1. The number of halogens is 5. The predicted octanol–water partition coefficient (Wildman–Crippen LogP) is 4.86. The van der Waals surface area contributed by atoms with E-state index >= 15 is 0 Å². The van der Waals surface area contributed by atoms with Crippen LogP contribution in [-0.4, -0.2) is 30.5 Å². The van der Waals surface area contributed by atoms with Gasteiger partial charge in [0.25, 0.3) is 0 Å². The van der Waals surface area contributed by atoms with Crippen LogP contribution in [0.25, 0.3) is 0 Å². The molecule has 1 fully saturated rings. The lowest BCUT2D eigenvalue weighted by atomic mass is 10.2. The van der Waals surface area contributed by atoms with Crippen molar-refractivity contribution in [1.82, 2.24) is 24.5 Å². The molecular formula is C19H17BrClF3N6O. The summed E-state index contributed by atoms with van der Waals surface area (Å²) in [6.45, 7) is 0.450. The number of carbonyl (C=O) groups excluding carboxylic acids is 1. The second-order valence-electron chi connectivity index (χ2n) is 7.24. The van der Waals surface area contributed by atoms with Gasteiger partial charge in [0.15, 0.2) is 5.69 Å². The average molecular weight is 518 g/mol. The van der Waals surface area contributed by atoms with Gasteiger partial charge in [-0.05, 0) is 46.5 Å². The van der Waals surface area contributed by atoms with E-state index in [9.17, 15) is 18.0 Å². The Labute approximate surface area is 188 Å². The number of anilines is 1. The summed E-state index contributed by atoms with van der Waals surface area (Å²) in [6.07, 6.45) is -1.53. The molecule has 1 amide bonds. The van der Waals surface area contributed by atoms with Crippen molar-refractivity contribution < 1.29 is 18.0 Å². The maximum atomic E-state index is 13.2. The maximum absolute atomic E-state index is 13.2. The van der Waals surface area contributed by atoms with Crippen LogP contribution in [0.15, 0.2) is 35.1 Å². The number of alkyl halides is 3. The van der Waals surface area contributed by atoms with E-state index in [1.54, 1.807) is 16.8 Å². The molecule has 0 spiro atoms. The molecule has 0 aliphatic heterocycles. The van der Waals surface area contributed by atoms with Gasteiger partial charge in [-0.25, -0.2) is 9.67 Å². The van der Waals surface area contributed by atoms with Crippen LogP contribution in [0.4, 0.5) is 19.1 Å². The van der Waals surface area contributed by atoms with Crippen LogP contribution < -0.4 is 5.32 Å². The van der Waals surface area contributed by atoms with E-state index in [-0.39, 0.29) is 29.3 Å². The van der Waals surface area contributed by atoms with E-state index in [4.69, 9.17) is 11.6 Å². The molecule has 2 heterocycles. The van der Waals surface area contributed by atoms with E-state index in [1.165, 1.54) is 11.0 Å². The Kier molecular flexibility index (Phi) is 6.07. The summed E-state index contributed by atoms with van der Waals surface area (Å²) < 4.78 is 42.3. The Morgan fingerprint density at radius 3 is 2.74 bits per heavy atom. The fourth-order valence-corrected chi connectivity index (χ4v) is 4.24. The predicted molar refractivity (Wildman–Crippen MR) is 111 cm³/mol. The molecule has 4 rings (SSSR count). The quantitative estimate of drug-likeness (QED) is 0.485. The third-order valence-corrected chi connectivity index (χ3v) is 5.75. The zero-order valence-electron chi connectivity index (χ0n) is 16.0. The van der Waals surface area contributed by atoms with Crippen molar-refractivity contribution in [1.29, 1.82) is 0 Å². The molecule has 7 nitrogen and oxygen atoms in total. The summed E-state index contributed by atoms with van der Waals surface area (Å²) in [5.41, 5.74) is 0.452. The molecule has 0 saturated heterocycles. The first-order valence-electron chi connectivity index (χ1n) is 9.48. The van der Waals surface area contributed by atoms with Gasteiger partial charge in [-0.15, -0.1) is 5.10 Å². The lowest BCUT2D eigenvalue weighted by Gasteiger charge is -2.07. The van der Waals surface area contributed by atoms with Gasteiger partial charge in [-0.3, -0.25) is 14.8 Å². The second-order valence-corrected chi connectivity index (χ2v) is 8.47. The largest absolute Gasteiger partial charge is 0.436 e. The standard InChI is InChI=1S/C19H17BrClF3N6O/c20-15-16(12-4-5-12)30(27-17(15)19(22,23)24)7-6-14(31)26-18-25-10-29(28-18)9-11-2-1-3-13(21)8-11/h1-3,8,10,12H,4-7,9H2,(H,26,28,31). The first kappa shape index (κ1) is 21.8. The molecule has 1 saturated carbocycles. The number of nitrogens with zero attached hydrogens (tertiary/aromatic N) is 5. The SMILES string of the molecule is O=C(CCn1nc(C(F)(F)F)c(Br)c1C1CC1)Nc1ncn(Cc2cccc(Cl)c2)n1. The van der Waals surface area contributed by atoms with E-state index in [0.29, 0.717) is 17.3 Å². The molecule has 0 bridgehead atoms. The number of rotatable bonds is 7. The van der Waals surface area contributed by atoms with E-state index in [1.807, 2.05) is 12.1 Å². The first-order valence-corrected chi connectivity index (χ1v) is 10.6. The summed E-state index contributed by atoms with van der Waals surface area (Å²) in [5.74, 6) is -0.264.